The molecule has 2 aliphatic carbocycles. The Kier molecular flexibility index (Phi) is 2.76. The fraction of sp³-hybridized carbons (Fsp3) is 1.00. The van der Waals surface area contributed by atoms with E-state index in [1.165, 1.54) is 6.92 Å². The quantitative estimate of drug-likeness (QED) is 0.725. The van der Waals surface area contributed by atoms with Crippen LogP contribution in [0.2, 0.25) is 0 Å². The third kappa shape index (κ3) is 1.92. The van der Waals surface area contributed by atoms with Crippen LogP contribution in [0.5, 0.6) is 0 Å². The Morgan fingerprint density at radius 2 is 1.20 bits per heavy atom. The highest BCUT2D eigenvalue weighted by Gasteiger charge is 2.64. The second-order valence-electron chi connectivity index (χ2n) is 7.23. The van der Waals surface area contributed by atoms with E-state index >= 15 is 0 Å². The van der Waals surface area contributed by atoms with Gasteiger partial charge in [0.25, 0.3) is 0 Å². The number of fused-ring (bicyclic) bond motifs is 2. The summed E-state index contributed by atoms with van der Waals surface area (Å²) in [5.74, 6) is -0.571. The second-order valence-corrected chi connectivity index (χ2v) is 7.23. The minimum absolute atomic E-state index is 0.101. The van der Waals surface area contributed by atoms with Crippen molar-refractivity contribution in [2.24, 2.45) is 17.3 Å². The van der Waals surface area contributed by atoms with Crippen LogP contribution in [-0.2, 0) is 9.47 Å². The van der Waals surface area contributed by atoms with Gasteiger partial charge in [0, 0.05) is 0 Å². The predicted molar refractivity (Wildman–Crippen MR) is 66.2 cm³/mol. The first-order valence-electron chi connectivity index (χ1n) is 7.77. The van der Waals surface area contributed by atoms with Crippen molar-refractivity contribution in [2.75, 3.05) is 0 Å². The third-order valence-corrected chi connectivity index (χ3v) is 6.32. The van der Waals surface area contributed by atoms with E-state index in [0.29, 0.717) is 25.7 Å². The lowest BCUT2D eigenvalue weighted by molar-refractivity contribution is -0.261. The summed E-state index contributed by atoms with van der Waals surface area (Å²) in [4.78, 5) is 0. The van der Waals surface area contributed by atoms with E-state index in [1.54, 1.807) is 0 Å². The Bertz CT molecular complexity index is 380. The van der Waals surface area contributed by atoms with Gasteiger partial charge < -0.3 is 9.47 Å². The van der Waals surface area contributed by atoms with Crippen molar-refractivity contribution >= 4 is 0 Å². The third-order valence-electron chi connectivity index (χ3n) is 6.32. The first kappa shape index (κ1) is 13.4. The largest absolute Gasteiger partial charge is 0.394 e. The summed E-state index contributed by atoms with van der Waals surface area (Å²) in [5.41, 5.74) is -1.57. The van der Waals surface area contributed by atoms with Crippen LogP contribution in [0, 0.1) is 17.3 Å². The molecule has 0 aromatic heterocycles. The number of hydrogen-bond donors (Lipinski definition) is 0. The summed E-state index contributed by atoms with van der Waals surface area (Å²) < 4.78 is 52.5. The molecule has 0 bridgehead atoms. The lowest BCUT2D eigenvalue weighted by atomic mass is 9.59. The first-order chi connectivity index (χ1) is 9.39. The monoisotopic (exact) mass is 290 g/mol. The van der Waals surface area contributed by atoms with E-state index in [9.17, 15) is 13.2 Å². The second kappa shape index (κ2) is 4.13. The van der Waals surface area contributed by atoms with E-state index in [2.05, 4.69) is 0 Å². The highest BCUT2D eigenvalue weighted by atomic mass is 19.4. The molecule has 0 aromatic carbocycles. The minimum Gasteiger partial charge on any atom is -0.370 e. The van der Waals surface area contributed by atoms with Crippen LogP contribution in [0.15, 0.2) is 0 Å². The van der Waals surface area contributed by atoms with Crippen molar-refractivity contribution in [3.8, 4) is 0 Å². The zero-order valence-electron chi connectivity index (χ0n) is 11.7. The topological polar surface area (TPSA) is 25.1 Å². The molecule has 0 aromatic rings. The van der Waals surface area contributed by atoms with Crippen LogP contribution < -0.4 is 0 Å². The van der Waals surface area contributed by atoms with Gasteiger partial charge in [-0.3, -0.25) is 0 Å². The fourth-order valence-electron chi connectivity index (χ4n) is 4.69. The van der Waals surface area contributed by atoms with Gasteiger partial charge in [0.15, 0.2) is 0 Å². The van der Waals surface area contributed by atoms with Crippen molar-refractivity contribution in [2.45, 2.75) is 76.0 Å². The van der Waals surface area contributed by atoms with Gasteiger partial charge in [-0.25, -0.2) is 0 Å². The fourth-order valence-corrected chi connectivity index (χ4v) is 4.69. The maximum absolute atomic E-state index is 13.9. The molecule has 0 spiro atoms. The Balaban J connectivity index is 1.59. The van der Waals surface area contributed by atoms with Gasteiger partial charge in [-0.05, 0) is 50.4 Å². The zero-order chi connectivity index (χ0) is 14.1. The molecular formula is C15H21F3O2. The van der Waals surface area contributed by atoms with Gasteiger partial charge in [0.1, 0.15) is 0 Å². The zero-order valence-corrected chi connectivity index (χ0v) is 11.7. The summed E-state index contributed by atoms with van der Waals surface area (Å²) >= 11 is 0. The maximum atomic E-state index is 13.9. The van der Waals surface area contributed by atoms with E-state index in [0.717, 1.165) is 12.8 Å². The average molecular weight is 290 g/mol. The van der Waals surface area contributed by atoms with E-state index < -0.39 is 11.6 Å². The molecule has 0 radical (unpaired) electrons. The van der Waals surface area contributed by atoms with E-state index in [4.69, 9.17) is 9.47 Å². The lowest BCUT2D eigenvalue weighted by Gasteiger charge is -2.46. The molecule has 2 saturated carbocycles. The first-order valence-corrected chi connectivity index (χ1v) is 7.77. The maximum Gasteiger partial charge on any atom is 0.394 e. The molecule has 2 heterocycles. The molecule has 20 heavy (non-hydrogen) atoms. The normalized spacial score (nSPS) is 49.8. The number of epoxide rings is 2. The number of alkyl halides is 3. The molecule has 6 unspecified atom stereocenters. The van der Waals surface area contributed by atoms with Crippen LogP contribution >= 0.6 is 0 Å². The van der Waals surface area contributed by atoms with Crippen LogP contribution in [0.25, 0.3) is 0 Å². The van der Waals surface area contributed by atoms with E-state index in [1.807, 2.05) is 0 Å². The standard InChI is InChI=1S/C15H21F3O2/c1-14(15(16,17)18,8-2-4-10-12(6-8)19-10)9-3-5-11-13(7-9)20-11/h8-13H,2-7H2,1H3. The molecule has 4 rings (SSSR count). The molecule has 0 N–H and O–H groups in total. The number of ether oxygens (including phenoxy) is 2. The minimum atomic E-state index is -4.13. The summed E-state index contributed by atoms with van der Waals surface area (Å²) in [6, 6.07) is 0. The summed E-state index contributed by atoms with van der Waals surface area (Å²) in [5, 5.41) is 0. The Hall–Kier alpha value is -0.290. The molecule has 2 saturated heterocycles. The highest BCUT2D eigenvalue weighted by molar-refractivity contribution is 5.05. The Morgan fingerprint density at radius 1 is 0.750 bits per heavy atom. The Morgan fingerprint density at radius 3 is 1.55 bits per heavy atom. The predicted octanol–water partition coefficient (Wildman–Crippen LogP) is 3.69. The molecule has 5 heteroatoms. The number of hydrogen-bond acceptors (Lipinski definition) is 2. The number of halogens is 3. The van der Waals surface area contributed by atoms with Gasteiger partial charge in [0.2, 0.25) is 0 Å². The molecular weight excluding hydrogens is 269 g/mol. The van der Waals surface area contributed by atoms with Gasteiger partial charge in [-0.1, -0.05) is 6.92 Å². The molecule has 6 atom stereocenters. The smallest absolute Gasteiger partial charge is 0.370 e. The Labute approximate surface area is 117 Å². The van der Waals surface area contributed by atoms with Crippen LogP contribution in [0.4, 0.5) is 13.2 Å². The molecule has 0 amide bonds. The molecule has 4 aliphatic rings. The van der Waals surface area contributed by atoms with Crippen molar-refractivity contribution in [3.05, 3.63) is 0 Å². The van der Waals surface area contributed by atoms with Gasteiger partial charge in [-0.15, -0.1) is 0 Å². The van der Waals surface area contributed by atoms with Crippen molar-refractivity contribution in [3.63, 3.8) is 0 Å². The summed E-state index contributed by atoms with van der Waals surface area (Å²) in [6.07, 6.45) is 0.673. The van der Waals surface area contributed by atoms with Crippen molar-refractivity contribution in [1.82, 2.24) is 0 Å². The van der Waals surface area contributed by atoms with Gasteiger partial charge >= 0.3 is 6.18 Å². The molecule has 114 valence electrons. The molecule has 4 fully saturated rings. The van der Waals surface area contributed by atoms with Gasteiger partial charge in [-0.2, -0.15) is 13.2 Å². The van der Waals surface area contributed by atoms with E-state index in [-0.39, 0.29) is 36.3 Å². The average Bonchev–Trinajstić information content (AvgIpc) is 3.27. The summed E-state index contributed by atoms with van der Waals surface area (Å²) in [7, 11) is 0. The van der Waals surface area contributed by atoms with Crippen LogP contribution in [0.1, 0.15) is 45.4 Å². The number of rotatable bonds is 2. The molecule has 2 nitrogen and oxygen atoms in total. The van der Waals surface area contributed by atoms with Gasteiger partial charge in [0.05, 0.1) is 29.8 Å². The summed E-state index contributed by atoms with van der Waals surface area (Å²) in [6.45, 7) is 1.47. The van der Waals surface area contributed by atoms with Crippen molar-refractivity contribution in [1.29, 1.82) is 0 Å². The highest BCUT2D eigenvalue weighted by Crippen LogP contribution is 2.60. The van der Waals surface area contributed by atoms with Crippen LogP contribution in [-0.4, -0.2) is 30.6 Å². The molecule has 2 aliphatic heterocycles. The van der Waals surface area contributed by atoms with Crippen molar-refractivity contribution < 1.29 is 22.6 Å². The lowest BCUT2D eigenvalue weighted by Crippen LogP contribution is -2.50. The van der Waals surface area contributed by atoms with Crippen LogP contribution in [0.3, 0.4) is 0 Å². The SMILES string of the molecule is CC(C1CCC2OC2C1)(C1CCC2OC2C1)C(F)(F)F.